The topological polar surface area (TPSA) is 348 Å². The molecule has 4 saturated heterocycles. The third kappa shape index (κ3) is 7.75. The Morgan fingerprint density at radius 1 is 0.378 bits per heavy atom. The SMILES string of the molecule is OC[C@H]1O[C@H](OC[C@H]2O[C@@H](O[C@H]3[C@H](O)[C@H](O)[C@H](O)O[C@@H]3CO[C@H]3O[C@H](CO)[C@H](O)[C@H](O)[C@H]3O)[C@@H](O)[C@@H](O)[C@@H]2O)[C@H](O)[C@@H](O)[C@H]1O. The van der Waals surface area contributed by atoms with Gasteiger partial charge < -0.3 is 105 Å². The van der Waals surface area contributed by atoms with Crippen LogP contribution in [-0.4, -0.2) is 221 Å². The molecule has 0 aliphatic carbocycles. The molecular weight excluding hydrogens is 624 g/mol. The molecule has 0 bridgehead atoms. The van der Waals surface area contributed by atoms with Gasteiger partial charge in [0, 0.05) is 0 Å². The molecule has 0 saturated carbocycles. The van der Waals surface area contributed by atoms with Crippen molar-refractivity contribution in [2.45, 2.75) is 123 Å². The summed E-state index contributed by atoms with van der Waals surface area (Å²) in [5, 5.41) is 141. The summed E-state index contributed by atoms with van der Waals surface area (Å²) < 4.78 is 37.6. The third-order valence-corrected chi connectivity index (χ3v) is 8.17. The van der Waals surface area contributed by atoms with Crippen LogP contribution in [0.2, 0.25) is 0 Å². The molecular formula is C24H42O21. The molecule has 4 aliphatic rings. The predicted octanol–water partition coefficient (Wildman–Crippen LogP) is -9.75. The van der Waals surface area contributed by atoms with Crippen LogP contribution >= 0.6 is 0 Å². The van der Waals surface area contributed by atoms with Crippen molar-refractivity contribution >= 4 is 0 Å². The minimum atomic E-state index is -1.99. The summed E-state index contributed by atoms with van der Waals surface area (Å²) in [5.41, 5.74) is 0. The quantitative estimate of drug-likeness (QED) is 0.103. The van der Waals surface area contributed by atoms with Crippen LogP contribution in [0.3, 0.4) is 0 Å². The van der Waals surface area contributed by atoms with Gasteiger partial charge in [-0.25, -0.2) is 0 Å². The summed E-state index contributed by atoms with van der Waals surface area (Å²) in [6.07, 6.45) is -34.9. The van der Waals surface area contributed by atoms with Crippen LogP contribution in [0.4, 0.5) is 0 Å². The van der Waals surface area contributed by atoms with Gasteiger partial charge in [-0.05, 0) is 0 Å². The van der Waals surface area contributed by atoms with Crippen molar-refractivity contribution in [3.05, 3.63) is 0 Å². The van der Waals surface area contributed by atoms with Gasteiger partial charge in [0.05, 0.1) is 26.4 Å². The highest BCUT2D eigenvalue weighted by Crippen LogP contribution is 2.31. The summed E-state index contributed by atoms with van der Waals surface area (Å²) in [5.74, 6) is 0. The summed E-state index contributed by atoms with van der Waals surface area (Å²) in [6, 6.07) is 0. The van der Waals surface area contributed by atoms with Crippen LogP contribution in [0.1, 0.15) is 0 Å². The molecule has 20 atom stereocenters. The third-order valence-electron chi connectivity index (χ3n) is 8.17. The second-order valence-electron chi connectivity index (χ2n) is 11.2. The van der Waals surface area contributed by atoms with Crippen LogP contribution in [0.25, 0.3) is 0 Å². The maximum absolute atomic E-state index is 10.7. The Labute approximate surface area is 254 Å². The fourth-order valence-corrected chi connectivity index (χ4v) is 5.33. The van der Waals surface area contributed by atoms with E-state index in [2.05, 4.69) is 0 Å². The molecule has 0 aromatic rings. The minimum Gasteiger partial charge on any atom is -0.394 e. The summed E-state index contributed by atoms with van der Waals surface area (Å²) >= 11 is 0. The Morgan fingerprint density at radius 2 is 0.778 bits per heavy atom. The molecule has 0 amide bonds. The normalized spacial score (nSPS) is 52.9. The monoisotopic (exact) mass is 666 g/mol. The molecule has 0 spiro atoms. The zero-order valence-electron chi connectivity index (χ0n) is 23.5. The molecule has 14 N–H and O–H groups in total. The first-order valence-electron chi connectivity index (χ1n) is 14.1. The highest BCUT2D eigenvalue weighted by Gasteiger charge is 2.52. The number of ether oxygens (including phenoxy) is 7. The van der Waals surface area contributed by atoms with E-state index >= 15 is 0 Å². The van der Waals surface area contributed by atoms with Crippen molar-refractivity contribution in [2.24, 2.45) is 0 Å². The van der Waals surface area contributed by atoms with E-state index in [-0.39, 0.29) is 0 Å². The summed E-state index contributed by atoms with van der Waals surface area (Å²) in [7, 11) is 0. The zero-order valence-corrected chi connectivity index (χ0v) is 23.5. The Hall–Kier alpha value is -0.840. The van der Waals surface area contributed by atoms with Gasteiger partial charge in [-0.15, -0.1) is 0 Å². The van der Waals surface area contributed by atoms with Crippen LogP contribution < -0.4 is 0 Å². The molecule has 4 heterocycles. The van der Waals surface area contributed by atoms with Crippen molar-refractivity contribution in [3.63, 3.8) is 0 Å². The van der Waals surface area contributed by atoms with E-state index in [1.807, 2.05) is 0 Å². The van der Waals surface area contributed by atoms with E-state index in [4.69, 9.17) is 33.2 Å². The van der Waals surface area contributed by atoms with E-state index in [0.717, 1.165) is 0 Å². The smallest absolute Gasteiger partial charge is 0.187 e. The molecule has 0 aromatic heterocycles. The molecule has 21 nitrogen and oxygen atoms in total. The van der Waals surface area contributed by atoms with Crippen LogP contribution in [0.5, 0.6) is 0 Å². The lowest BCUT2D eigenvalue weighted by Gasteiger charge is -2.46. The Morgan fingerprint density at radius 3 is 1.24 bits per heavy atom. The molecule has 0 radical (unpaired) electrons. The Kier molecular flexibility index (Phi) is 12.8. The lowest BCUT2D eigenvalue weighted by Crippen LogP contribution is -2.65. The number of hydrogen-bond donors (Lipinski definition) is 14. The van der Waals surface area contributed by atoms with Gasteiger partial charge in [-0.2, -0.15) is 0 Å². The van der Waals surface area contributed by atoms with Crippen molar-refractivity contribution in [2.75, 3.05) is 26.4 Å². The van der Waals surface area contributed by atoms with E-state index in [9.17, 15) is 71.5 Å². The van der Waals surface area contributed by atoms with Crippen molar-refractivity contribution in [1.29, 1.82) is 0 Å². The maximum Gasteiger partial charge on any atom is 0.187 e. The van der Waals surface area contributed by atoms with Gasteiger partial charge in [0.1, 0.15) is 97.7 Å². The molecule has 0 aromatic carbocycles. The van der Waals surface area contributed by atoms with E-state index in [1.54, 1.807) is 0 Å². The number of rotatable bonds is 10. The lowest BCUT2D eigenvalue weighted by atomic mass is 9.96. The molecule has 21 heteroatoms. The molecule has 4 aliphatic heterocycles. The average molecular weight is 667 g/mol. The number of hydrogen-bond acceptors (Lipinski definition) is 21. The standard InChI is InChI=1S/C24H42O21/c25-1-5-9(27)12(30)17(35)22(42-5)39-3-7-11(29)14(32)19(37)24(44-7)45-20-8(41-21(38)16(34)15(20)33)4-40-23-18(36)13(31)10(28)6(2-26)43-23/h5-38H,1-4H2/t5-,6-,7-,8-,9+,10+,11-,12+,13+,14+,15-,16+,17-,18-,19+,20-,21-,22+,23+,24+/m1/s1. The highest BCUT2D eigenvalue weighted by atomic mass is 16.8. The second kappa shape index (κ2) is 15.6. The lowest BCUT2D eigenvalue weighted by molar-refractivity contribution is -0.368. The van der Waals surface area contributed by atoms with Crippen LogP contribution in [0, 0.1) is 0 Å². The second-order valence-corrected chi connectivity index (χ2v) is 11.2. The van der Waals surface area contributed by atoms with Gasteiger partial charge in [0.2, 0.25) is 0 Å². The molecule has 264 valence electrons. The minimum absolute atomic E-state index is 0.692. The highest BCUT2D eigenvalue weighted by molar-refractivity contribution is 4.95. The summed E-state index contributed by atoms with van der Waals surface area (Å²) in [6.45, 7) is -2.90. The van der Waals surface area contributed by atoms with Crippen LogP contribution in [-0.2, 0) is 33.2 Å². The van der Waals surface area contributed by atoms with E-state index in [0.29, 0.717) is 0 Å². The molecule has 4 rings (SSSR count). The van der Waals surface area contributed by atoms with Gasteiger partial charge >= 0.3 is 0 Å². The number of aliphatic hydroxyl groups is 14. The first-order chi connectivity index (χ1) is 21.2. The van der Waals surface area contributed by atoms with Gasteiger partial charge in [0.25, 0.3) is 0 Å². The van der Waals surface area contributed by atoms with E-state index < -0.39 is 149 Å². The first kappa shape index (κ1) is 37.0. The largest absolute Gasteiger partial charge is 0.394 e. The van der Waals surface area contributed by atoms with Gasteiger partial charge in [-0.3, -0.25) is 0 Å². The Bertz CT molecular complexity index is 914. The number of aliphatic hydroxyl groups excluding tert-OH is 14. The van der Waals surface area contributed by atoms with Crippen molar-refractivity contribution in [1.82, 2.24) is 0 Å². The molecule has 4 fully saturated rings. The van der Waals surface area contributed by atoms with Crippen molar-refractivity contribution < 1.29 is 105 Å². The van der Waals surface area contributed by atoms with Gasteiger partial charge in [0.15, 0.2) is 25.2 Å². The Balaban J connectivity index is 1.43. The van der Waals surface area contributed by atoms with Gasteiger partial charge in [-0.1, -0.05) is 0 Å². The van der Waals surface area contributed by atoms with Crippen LogP contribution in [0.15, 0.2) is 0 Å². The fourth-order valence-electron chi connectivity index (χ4n) is 5.33. The molecule has 0 unspecified atom stereocenters. The fraction of sp³-hybridized carbons (Fsp3) is 1.00. The predicted molar refractivity (Wildman–Crippen MR) is 134 cm³/mol. The average Bonchev–Trinajstić information content (AvgIpc) is 3.02. The van der Waals surface area contributed by atoms with E-state index in [1.165, 1.54) is 0 Å². The zero-order chi connectivity index (χ0) is 33.3. The molecule has 45 heavy (non-hydrogen) atoms. The maximum atomic E-state index is 10.7. The first-order valence-corrected chi connectivity index (χ1v) is 14.1. The summed E-state index contributed by atoms with van der Waals surface area (Å²) in [4.78, 5) is 0. The van der Waals surface area contributed by atoms with Crippen molar-refractivity contribution in [3.8, 4) is 0 Å².